The van der Waals surface area contributed by atoms with Crippen LogP contribution in [0.15, 0.2) is 66.7 Å². The molecule has 2 fully saturated rings. The zero-order valence-electron chi connectivity index (χ0n) is 23.4. The molecule has 1 saturated heterocycles. The van der Waals surface area contributed by atoms with Gasteiger partial charge in [-0.25, -0.2) is 0 Å². The highest BCUT2D eigenvalue weighted by Gasteiger charge is 2.25. The Labute approximate surface area is 232 Å². The van der Waals surface area contributed by atoms with E-state index < -0.39 is 0 Å². The predicted octanol–water partition coefficient (Wildman–Crippen LogP) is 6.68. The van der Waals surface area contributed by atoms with Crippen molar-refractivity contribution in [3.8, 4) is 5.75 Å². The first-order valence-electron chi connectivity index (χ1n) is 14.3. The number of hydrogen-bond donors (Lipinski definition) is 3. The first-order valence-corrected chi connectivity index (χ1v) is 14.3. The molecule has 206 valence electrons. The van der Waals surface area contributed by atoms with E-state index in [9.17, 15) is 14.7 Å². The van der Waals surface area contributed by atoms with E-state index in [4.69, 9.17) is 0 Å². The van der Waals surface area contributed by atoms with E-state index in [2.05, 4.69) is 34.9 Å². The molecule has 0 bridgehead atoms. The zero-order valence-corrected chi connectivity index (χ0v) is 23.4. The van der Waals surface area contributed by atoms with Crippen molar-refractivity contribution >= 4 is 17.5 Å². The van der Waals surface area contributed by atoms with E-state index >= 15 is 0 Å². The average Bonchev–Trinajstić information content (AvgIpc) is 2.94. The third-order valence-corrected chi connectivity index (χ3v) is 7.79. The average molecular weight is 528 g/mol. The van der Waals surface area contributed by atoms with Crippen molar-refractivity contribution in [2.45, 2.75) is 64.3 Å². The molecule has 0 aromatic heterocycles. The highest BCUT2D eigenvalue weighted by Crippen LogP contribution is 2.40. The van der Waals surface area contributed by atoms with Gasteiger partial charge in [0.15, 0.2) is 0 Å². The fraction of sp³-hybridized carbons (Fsp3) is 0.394. The lowest BCUT2D eigenvalue weighted by Crippen LogP contribution is -2.38. The minimum Gasteiger partial charge on any atom is -0.508 e. The van der Waals surface area contributed by atoms with Gasteiger partial charge in [0.2, 0.25) is 0 Å². The summed E-state index contributed by atoms with van der Waals surface area (Å²) in [5.74, 6) is 0.716. The minimum absolute atomic E-state index is 0.0130. The number of anilines is 1. The lowest BCUT2D eigenvalue weighted by atomic mass is 9.79. The Balaban J connectivity index is 0.00000172. The number of nitrogens with zero attached hydrogens (tertiary/aromatic N) is 1. The van der Waals surface area contributed by atoms with Crippen molar-refractivity contribution in [3.63, 3.8) is 0 Å². The Hall–Kier alpha value is -3.64. The van der Waals surface area contributed by atoms with Crippen LogP contribution >= 0.6 is 0 Å². The quantitative estimate of drug-likeness (QED) is 0.320. The summed E-state index contributed by atoms with van der Waals surface area (Å²) < 4.78 is 0. The molecular formula is C33H41N3O3. The second-order valence-electron chi connectivity index (χ2n) is 10.3. The van der Waals surface area contributed by atoms with Crippen LogP contribution in [0, 0.1) is 0 Å². The van der Waals surface area contributed by atoms with E-state index in [1.54, 1.807) is 30.3 Å². The second-order valence-corrected chi connectivity index (χ2v) is 10.3. The van der Waals surface area contributed by atoms with E-state index in [1.807, 2.05) is 31.9 Å². The van der Waals surface area contributed by atoms with Crippen molar-refractivity contribution in [2.75, 3.05) is 25.5 Å². The summed E-state index contributed by atoms with van der Waals surface area (Å²) in [6, 6.07) is 21.0. The second kappa shape index (κ2) is 13.4. The van der Waals surface area contributed by atoms with E-state index in [1.165, 1.54) is 23.6 Å². The molecule has 6 heteroatoms. The predicted molar refractivity (Wildman–Crippen MR) is 158 cm³/mol. The number of benzene rings is 3. The Kier molecular flexibility index (Phi) is 9.77. The Morgan fingerprint density at radius 1 is 0.872 bits per heavy atom. The van der Waals surface area contributed by atoms with E-state index in [0.29, 0.717) is 41.7 Å². The number of piperidine rings is 1. The Bertz CT molecular complexity index is 1280. The number of phenolic OH excluding ortho intramolecular Hbond substituents is 1. The smallest absolute Gasteiger partial charge is 0.255 e. The molecule has 0 unspecified atom stereocenters. The summed E-state index contributed by atoms with van der Waals surface area (Å²) in [6.45, 7) is 6.27. The van der Waals surface area contributed by atoms with Crippen LogP contribution in [-0.2, 0) is 6.54 Å². The number of likely N-dealkylation sites (tertiary alicyclic amines) is 1. The lowest BCUT2D eigenvalue weighted by molar-refractivity contribution is 0.0712. The molecule has 1 aliphatic carbocycles. The van der Waals surface area contributed by atoms with Crippen LogP contribution in [0.2, 0.25) is 0 Å². The highest BCUT2D eigenvalue weighted by molar-refractivity contribution is 6.05. The van der Waals surface area contributed by atoms with Gasteiger partial charge in [-0.3, -0.25) is 9.59 Å². The maximum absolute atomic E-state index is 13.2. The molecule has 5 rings (SSSR count). The summed E-state index contributed by atoms with van der Waals surface area (Å²) in [5, 5.41) is 16.5. The van der Waals surface area contributed by atoms with Crippen molar-refractivity contribution in [3.05, 3.63) is 94.5 Å². The number of phenols is 1. The molecule has 1 saturated carbocycles. The van der Waals surface area contributed by atoms with Crippen LogP contribution < -0.4 is 10.6 Å². The molecule has 3 aromatic carbocycles. The van der Waals surface area contributed by atoms with Crippen LogP contribution in [0.4, 0.5) is 5.69 Å². The molecule has 2 amide bonds. The number of carbonyl (C=O) groups is 2. The maximum atomic E-state index is 13.2. The van der Waals surface area contributed by atoms with Crippen molar-refractivity contribution in [2.24, 2.45) is 0 Å². The third kappa shape index (κ3) is 6.87. The van der Waals surface area contributed by atoms with Gasteiger partial charge in [0, 0.05) is 36.4 Å². The van der Waals surface area contributed by atoms with E-state index in [0.717, 1.165) is 37.8 Å². The van der Waals surface area contributed by atoms with Gasteiger partial charge in [-0.05, 0) is 91.6 Å². The van der Waals surface area contributed by atoms with Gasteiger partial charge in [-0.2, -0.15) is 0 Å². The van der Waals surface area contributed by atoms with Gasteiger partial charge in [0.1, 0.15) is 5.75 Å². The Morgan fingerprint density at radius 2 is 1.62 bits per heavy atom. The monoisotopic (exact) mass is 527 g/mol. The molecule has 39 heavy (non-hydrogen) atoms. The first kappa shape index (κ1) is 28.4. The third-order valence-electron chi connectivity index (χ3n) is 7.79. The number of amides is 2. The number of hydrogen-bond acceptors (Lipinski definition) is 4. The SMILES string of the molecule is CC.CNCc1cccc(C2CCN(C(=O)c3cccc(NC(=O)c4ccc(C5CCC5)c(O)c4)c3)CC2)c1. The van der Waals surface area contributed by atoms with Gasteiger partial charge in [0.05, 0.1) is 0 Å². The molecule has 6 nitrogen and oxygen atoms in total. The van der Waals surface area contributed by atoms with Crippen molar-refractivity contribution in [1.29, 1.82) is 0 Å². The number of nitrogens with one attached hydrogen (secondary N) is 2. The van der Waals surface area contributed by atoms with Gasteiger partial charge >= 0.3 is 0 Å². The van der Waals surface area contributed by atoms with Gasteiger partial charge < -0.3 is 20.6 Å². The largest absolute Gasteiger partial charge is 0.508 e. The summed E-state index contributed by atoms with van der Waals surface area (Å²) in [7, 11) is 1.95. The molecule has 1 aliphatic heterocycles. The fourth-order valence-corrected chi connectivity index (χ4v) is 5.44. The summed E-state index contributed by atoms with van der Waals surface area (Å²) in [4.78, 5) is 28.0. The summed E-state index contributed by atoms with van der Waals surface area (Å²) in [6.07, 6.45) is 5.23. The van der Waals surface area contributed by atoms with E-state index in [-0.39, 0.29) is 17.6 Å². The number of aromatic hydroxyl groups is 1. The topological polar surface area (TPSA) is 81.7 Å². The number of rotatable bonds is 7. The van der Waals surface area contributed by atoms with Gasteiger partial charge in [-0.15, -0.1) is 0 Å². The van der Waals surface area contributed by atoms with Gasteiger partial charge in [-0.1, -0.05) is 56.7 Å². The summed E-state index contributed by atoms with van der Waals surface area (Å²) >= 11 is 0. The molecular weight excluding hydrogens is 486 g/mol. The van der Waals surface area contributed by atoms with Crippen LogP contribution in [0.25, 0.3) is 0 Å². The molecule has 3 aromatic rings. The molecule has 0 spiro atoms. The maximum Gasteiger partial charge on any atom is 0.255 e. The van der Waals surface area contributed by atoms with Crippen LogP contribution in [-0.4, -0.2) is 42.0 Å². The normalized spacial score (nSPS) is 15.6. The molecule has 2 aliphatic rings. The Morgan fingerprint density at radius 3 is 2.28 bits per heavy atom. The van der Waals surface area contributed by atoms with Crippen LogP contribution in [0.5, 0.6) is 5.75 Å². The molecule has 0 atom stereocenters. The standard InChI is InChI=1S/C31H35N3O3.C2H6/c1-32-20-21-5-2-8-24(17-21)22-13-15-34(16-14-22)31(37)26-9-4-10-27(18-26)33-30(36)25-11-12-28(29(35)19-25)23-6-3-7-23;1-2/h2,4-5,8-12,17-19,22-23,32,35H,3,6-7,13-16,20H2,1H3,(H,33,36);1-2H3. The lowest BCUT2D eigenvalue weighted by Gasteiger charge is -2.32. The first-order chi connectivity index (χ1) is 19.0. The zero-order chi connectivity index (χ0) is 27.8. The minimum atomic E-state index is -0.304. The molecule has 3 N–H and O–H groups in total. The highest BCUT2D eigenvalue weighted by atomic mass is 16.3. The van der Waals surface area contributed by atoms with Crippen LogP contribution in [0.3, 0.4) is 0 Å². The van der Waals surface area contributed by atoms with Crippen molar-refractivity contribution in [1.82, 2.24) is 10.2 Å². The fourth-order valence-electron chi connectivity index (χ4n) is 5.44. The number of carbonyl (C=O) groups excluding carboxylic acids is 2. The summed E-state index contributed by atoms with van der Waals surface area (Å²) in [5.41, 5.74) is 5.08. The van der Waals surface area contributed by atoms with Gasteiger partial charge in [0.25, 0.3) is 11.8 Å². The van der Waals surface area contributed by atoms with Crippen LogP contribution in [0.1, 0.15) is 95.2 Å². The molecule has 0 radical (unpaired) electrons. The molecule has 1 heterocycles. The van der Waals surface area contributed by atoms with Crippen molar-refractivity contribution < 1.29 is 14.7 Å².